The molecule has 1 amide bonds. The van der Waals surface area contributed by atoms with Crippen LogP contribution in [0.3, 0.4) is 0 Å². The molecule has 3 nitrogen and oxygen atoms in total. The van der Waals surface area contributed by atoms with Gasteiger partial charge >= 0.3 is 0 Å². The summed E-state index contributed by atoms with van der Waals surface area (Å²) in [5.74, 6) is 0.162. The Morgan fingerprint density at radius 2 is 2.50 bits per heavy atom. The smallest absolute Gasteiger partial charge is 0.237 e. The number of carbonyl (C=O) groups excluding carboxylic acids is 1. The van der Waals surface area contributed by atoms with Gasteiger partial charge in [-0.1, -0.05) is 6.42 Å². The molecule has 2 rings (SSSR count). The highest BCUT2D eigenvalue weighted by atomic mass is 32.1. The van der Waals surface area contributed by atoms with E-state index < -0.39 is 0 Å². The van der Waals surface area contributed by atoms with Crippen LogP contribution in [0, 0.1) is 0 Å². The van der Waals surface area contributed by atoms with E-state index in [4.69, 9.17) is 0 Å². The first-order valence-corrected chi connectivity index (χ1v) is 6.83. The molecule has 0 aliphatic carbocycles. The van der Waals surface area contributed by atoms with Crippen molar-refractivity contribution in [3.05, 3.63) is 22.4 Å². The second kappa shape index (κ2) is 6.01. The molecule has 0 spiro atoms. The van der Waals surface area contributed by atoms with E-state index in [2.05, 4.69) is 27.5 Å². The quantitative estimate of drug-likeness (QED) is 0.835. The number of rotatable bonds is 4. The van der Waals surface area contributed by atoms with Crippen LogP contribution in [0.1, 0.15) is 24.8 Å². The van der Waals surface area contributed by atoms with Crippen LogP contribution in [-0.2, 0) is 11.2 Å². The summed E-state index contributed by atoms with van der Waals surface area (Å²) >= 11 is 1.70. The third-order valence-electron chi connectivity index (χ3n) is 2.92. The molecule has 1 aromatic rings. The zero-order valence-corrected chi connectivity index (χ0v) is 10.2. The van der Waals surface area contributed by atoms with Crippen molar-refractivity contribution >= 4 is 17.2 Å². The van der Waals surface area contributed by atoms with Crippen molar-refractivity contribution in [1.29, 1.82) is 0 Å². The maximum atomic E-state index is 11.8. The second-order valence-electron chi connectivity index (χ2n) is 4.18. The molecule has 1 saturated heterocycles. The van der Waals surface area contributed by atoms with Gasteiger partial charge in [0.15, 0.2) is 0 Å². The highest BCUT2D eigenvalue weighted by Gasteiger charge is 2.19. The summed E-state index contributed by atoms with van der Waals surface area (Å²) in [6.07, 6.45) is 4.26. The van der Waals surface area contributed by atoms with Gasteiger partial charge in [-0.25, -0.2) is 0 Å². The van der Waals surface area contributed by atoms with Crippen LogP contribution < -0.4 is 10.6 Å². The Labute approximate surface area is 100 Å². The molecule has 0 unspecified atom stereocenters. The fourth-order valence-electron chi connectivity index (χ4n) is 1.96. The summed E-state index contributed by atoms with van der Waals surface area (Å²) in [5, 5.41) is 10.4. The van der Waals surface area contributed by atoms with Crippen molar-refractivity contribution < 1.29 is 4.79 Å². The molecule has 1 aliphatic rings. The number of piperidine rings is 1. The Bertz CT molecular complexity index is 318. The van der Waals surface area contributed by atoms with Crippen molar-refractivity contribution in [1.82, 2.24) is 10.6 Å². The van der Waals surface area contributed by atoms with E-state index in [1.165, 1.54) is 12.0 Å². The molecule has 16 heavy (non-hydrogen) atoms. The minimum Gasteiger partial charge on any atom is -0.354 e. The largest absolute Gasteiger partial charge is 0.354 e. The number of nitrogens with one attached hydrogen (secondary N) is 2. The molecule has 0 bridgehead atoms. The summed E-state index contributed by atoms with van der Waals surface area (Å²) < 4.78 is 0. The summed E-state index contributed by atoms with van der Waals surface area (Å²) in [4.78, 5) is 11.8. The van der Waals surface area contributed by atoms with E-state index in [1.54, 1.807) is 11.3 Å². The normalized spacial score (nSPS) is 20.6. The van der Waals surface area contributed by atoms with E-state index >= 15 is 0 Å². The Kier molecular flexibility index (Phi) is 4.36. The lowest BCUT2D eigenvalue weighted by molar-refractivity contribution is -0.123. The summed E-state index contributed by atoms with van der Waals surface area (Å²) in [6.45, 7) is 1.72. The fraction of sp³-hybridized carbons (Fsp3) is 0.583. The molecule has 88 valence electrons. The number of hydrogen-bond acceptors (Lipinski definition) is 3. The molecule has 0 radical (unpaired) electrons. The average molecular weight is 238 g/mol. The number of amides is 1. The lowest BCUT2D eigenvalue weighted by Crippen LogP contribution is -2.47. The number of thiophene rings is 1. The van der Waals surface area contributed by atoms with E-state index in [1.807, 2.05) is 0 Å². The topological polar surface area (TPSA) is 41.1 Å². The number of hydrogen-bond donors (Lipinski definition) is 2. The molecule has 1 aliphatic heterocycles. The SMILES string of the molecule is O=C(NCCc1ccsc1)[C@@H]1CCCCN1. The Hall–Kier alpha value is -0.870. The van der Waals surface area contributed by atoms with Crippen LogP contribution >= 0.6 is 11.3 Å². The van der Waals surface area contributed by atoms with Gasteiger partial charge < -0.3 is 10.6 Å². The highest BCUT2D eigenvalue weighted by molar-refractivity contribution is 7.07. The molecule has 0 aromatic carbocycles. The second-order valence-corrected chi connectivity index (χ2v) is 4.96. The van der Waals surface area contributed by atoms with Gasteiger partial charge in [-0.05, 0) is 48.2 Å². The first-order chi connectivity index (χ1) is 7.86. The van der Waals surface area contributed by atoms with Crippen molar-refractivity contribution in [2.24, 2.45) is 0 Å². The van der Waals surface area contributed by atoms with Crippen LogP contribution in [-0.4, -0.2) is 25.0 Å². The molecule has 0 saturated carbocycles. The summed E-state index contributed by atoms with van der Waals surface area (Å²) in [5.41, 5.74) is 1.31. The van der Waals surface area contributed by atoms with Crippen molar-refractivity contribution in [2.45, 2.75) is 31.7 Å². The zero-order chi connectivity index (χ0) is 11.2. The minimum atomic E-state index is 0.0382. The van der Waals surface area contributed by atoms with Crippen molar-refractivity contribution in [3.8, 4) is 0 Å². The summed E-state index contributed by atoms with van der Waals surface area (Å²) in [7, 11) is 0. The summed E-state index contributed by atoms with van der Waals surface area (Å²) in [6, 6.07) is 2.14. The van der Waals surface area contributed by atoms with Gasteiger partial charge in [0.1, 0.15) is 0 Å². The van der Waals surface area contributed by atoms with Gasteiger partial charge in [0.25, 0.3) is 0 Å². The highest BCUT2D eigenvalue weighted by Crippen LogP contribution is 2.08. The predicted octanol–water partition coefficient (Wildman–Crippen LogP) is 1.55. The average Bonchev–Trinajstić information content (AvgIpc) is 2.83. The molecule has 2 N–H and O–H groups in total. The Balaban J connectivity index is 1.67. The van der Waals surface area contributed by atoms with Crippen LogP contribution in [0.4, 0.5) is 0 Å². The van der Waals surface area contributed by atoms with Crippen LogP contribution in [0.5, 0.6) is 0 Å². The van der Waals surface area contributed by atoms with Crippen LogP contribution in [0.25, 0.3) is 0 Å². The molecule has 1 fully saturated rings. The maximum Gasteiger partial charge on any atom is 0.237 e. The first-order valence-electron chi connectivity index (χ1n) is 5.88. The van der Waals surface area contributed by atoms with E-state index in [0.717, 1.165) is 32.4 Å². The first kappa shape index (κ1) is 11.6. The van der Waals surface area contributed by atoms with Crippen LogP contribution in [0.15, 0.2) is 16.8 Å². The molecule has 1 aromatic heterocycles. The monoisotopic (exact) mass is 238 g/mol. The lowest BCUT2D eigenvalue weighted by Gasteiger charge is -2.22. The molecule has 1 atom stereocenters. The van der Waals surface area contributed by atoms with Crippen molar-refractivity contribution in [3.63, 3.8) is 0 Å². The van der Waals surface area contributed by atoms with Crippen LogP contribution in [0.2, 0.25) is 0 Å². The van der Waals surface area contributed by atoms with Gasteiger partial charge in [0.05, 0.1) is 6.04 Å². The molecular weight excluding hydrogens is 220 g/mol. The van der Waals surface area contributed by atoms with E-state index in [-0.39, 0.29) is 11.9 Å². The zero-order valence-electron chi connectivity index (χ0n) is 9.37. The van der Waals surface area contributed by atoms with Gasteiger partial charge in [0, 0.05) is 6.54 Å². The standard InChI is InChI=1S/C12H18N2OS/c15-12(11-3-1-2-6-13-11)14-7-4-10-5-8-16-9-10/h5,8-9,11,13H,1-4,6-7H2,(H,14,15)/t11-/m0/s1. The third kappa shape index (κ3) is 3.32. The molecular formula is C12H18N2OS. The molecule has 4 heteroatoms. The Morgan fingerprint density at radius 3 is 3.19 bits per heavy atom. The number of carbonyl (C=O) groups is 1. The van der Waals surface area contributed by atoms with Gasteiger partial charge in [0.2, 0.25) is 5.91 Å². The lowest BCUT2D eigenvalue weighted by atomic mass is 10.0. The third-order valence-corrected chi connectivity index (χ3v) is 3.65. The van der Waals surface area contributed by atoms with Crippen molar-refractivity contribution in [2.75, 3.05) is 13.1 Å². The molecule has 2 heterocycles. The minimum absolute atomic E-state index is 0.0382. The van der Waals surface area contributed by atoms with E-state index in [0.29, 0.717) is 0 Å². The van der Waals surface area contributed by atoms with E-state index in [9.17, 15) is 4.79 Å². The fourth-order valence-corrected chi connectivity index (χ4v) is 2.67. The maximum absolute atomic E-state index is 11.8. The predicted molar refractivity (Wildman–Crippen MR) is 66.7 cm³/mol. The van der Waals surface area contributed by atoms with Gasteiger partial charge in [-0.15, -0.1) is 0 Å². The van der Waals surface area contributed by atoms with Gasteiger partial charge in [-0.3, -0.25) is 4.79 Å². The Morgan fingerprint density at radius 1 is 1.56 bits per heavy atom. The van der Waals surface area contributed by atoms with Gasteiger partial charge in [-0.2, -0.15) is 11.3 Å².